The van der Waals surface area contributed by atoms with E-state index in [1.165, 1.54) is 64.9 Å². The number of aromatic nitrogens is 6. The van der Waals surface area contributed by atoms with Crippen LogP contribution in [-0.4, -0.2) is 28.7 Å². The van der Waals surface area contributed by atoms with E-state index >= 15 is 0 Å². The van der Waals surface area contributed by atoms with Gasteiger partial charge in [-0.05, 0) is 41.8 Å². The number of benzene rings is 2. The maximum absolute atomic E-state index is 4.50. The van der Waals surface area contributed by atoms with Gasteiger partial charge in [-0.3, -0.25) is 19.9 Å². The molecule has 8 heterocycles. The monoisotopic (exact) mass is 458 g/mol. The molecule has 10 rings (SSSR count). The Morgan fingerprint density at radius 2 is 0.806 bits per heavy atom. The van der Waals surface area contributed by atoms with Crippen LogP contribution in [-0.2, 0) is 0 Å². The highest BCUT2D eigenvalue weighted by Crippen LogP contribution is 2.49. The fourth-order valence-electron chi connectivity index (χ4n) is 6.83. The fourth-order valence-corrected chi connectivity index (χ4v) is 6.83. The zero-order chi connectivity index (χ0) is 23.1. The SMILES string of the molecule is c1cc2c3cc4cc5c6ccncc6n6c7cnccc7c(c4c4c7ccncc7n(c2cn1)c34)c56. The maximum Gasteiger partial charge on any atom is 0.0725 e. The number of rotatable bonds is 0. The van der Waals surface area contributed by atoms with Gasteiger partial charge in [0.2, 0.25) is 0 Å². The van der Waals surface area contributed by atoms with E-state index in [1.807, 2.05) is 49.6 Å². The molecule has 0 atom stereocenters. The van der Waals surface area contributed by atoms with E-state index in [0.717, 1.165) is 22.1 Å². The van der Waals surface area contributed by atoms with Crippen LogP contribution in [0, 0.1) is 0 Å². The Bertz CT molecular complexity index is 2360. The van der Waals surface area contributed by atoms with Crippen molar-refractivity contribution in [3.05, 3.63) is 86.0 Å². The van der Waals surface area contributed by atoms with Crippen molar-refractivity contribution in [3.8, 4) is 0 Å². The largest absolute Gasteiger partial charge is 0.305 e. The molecule has 10 aromatic rings. The summed E-state index contributed by atoms with van der Waals surface area (Å²) in [5.74, 6) is 0. The number of fused-ring (bicyclic) bond motifs is 15. The maximum atomic E-state index is 4.50. The zero-order valence-electron chi connectivity index (χ0n) is 18.8. The molecule has 0 saturated carbocycles. The molecule has 0 fully saturated rings. The molecule has 0 bridgehead atoms. The Hall–Kier alpha value is -5.10. The third-order valence-electron chi connectivity index (χ3n) is 8.10. The first-order chi connectivity index (χ1) is 17.9. The minimum absolute atomic E-state index is 1.11. The first-order valence-electron chi connectivity index (χ1n) is 12.0. The standard InChI is InChI=1S/C30H14N6/c1-5-31-11-22-16(1)20-9-15-10-21-17-2-6-32-12-23(17)36-25-14-34-8-4-19(25)28(30(21)36)26(15)27-18-3-7-33-13-24(18)35(22)29(20)27/h1-14H. The summed E-state index contributed by atoms with van der Waals surface area (Å²) in [6.07, 6.45) is 15.5. The van der Waals surface area contributed by atoms with Gasteiger partial charge >= 0.3 is 0 Å². The molecule has 6 nitrogen and oxygen atoms in total. The lowest BCUT2D eigenvalue weighted by Gasteiger charge is -2.06. The Balaban J connectivity index is 1.66. The van der Waals surface area contributed by atoms with Crippen LogP contribution in [0.25, 0.3) is 87.0 Å². The molecule has 36 heavy (non-hydrogen) atoms. The van der Waals surface area contributed by atoms with Gasteiger partial charge in [0.1, 0.15) is 0 Å². The van der Waals surface area contributed by atoms with Crippen LogP contribution in [0.2, 0.25) is 0 Å². The first-order valence-corrected chi connectivity index (χ1v) is 12.0. The molecule has 6 heteroatoms. The van der Waals surface area contributed by atoms with Gasteiger partial charge in [-0.2, -0.15) is 0 Å². The van der Waals surface area contributed by atoms with Gasteiger partial charge in [0.15, 0.2) is 0 Å². The van der Waals surface area contributed by atoms with Gasteiger partial charge in [0, 0.05) is 73.3 Å². The minimum Gasteiger partial charge on any atom is -0.305 e. The molecule has 2 aromatic carbocycles. The lowest BCUT2D eigenvalue weighted by atomic mass is 9.95. The minimum atomic E-state index is 1.11. The summed E-state index contributed by atoms with van der Waals surface area (Å²) in [5, 5.41) is 12.4. The van der Waals surface area contributed by atoms with Crippen LogP contribution in [0.3, 0.4) is 0 Å². The lowest BCUT2D eigenvalue weighted by Crippen LogP contribution is -1.81. The fraction of sp³-hybridized carbons (Fsp3) is 0. The average molecular weight is 458 g/mol. The molecule has 0 radical (unpaired) electrons. The highest BCUT2D eigenvalue weighted by molar-refractivity contribution is 6.41. The topological polar surface area (TPSA) is 60.4 Å². The summed E-state index contributed by atoms with van der Waals surface area (Å²) < 4.78 is 4.68. The van der Waals surface area contributed by atoms with E-state index < -0.39 is 0 Å². The van der Waals surface area contributed by atoms with Gasteiger partial charge in [0.25, 0.3) is 0 Å². The van der Waals surface area contributed by atoms with E-state index in [2.05, 4.69) is 65.1 Å². The summed E-state index contributed by atoms with van der Waals surface area (Å²) in [5.41, 5.74) is 6.91. The summed E-state index contributed by atoms with van der Waals surface area (Å²) in [6.45, 7) is 0. The van der Waals surface area contributed by atoms with Crippen molar-refractivity contribution < 1.29 is 0 Å². The summed E-state index contributed by atoms with van der Waals surface area (Å²) in [6, 6.07) is 13.3. The lowest BCUT2D eigenvalue weighted by molar-refractivity contribution is 1.27. The van der Waals surface area contributed by atoms with Gasteiger partial charge in [-0.15, -0.1) is 0 Å². The van der Waals surface area contributed by atoms with Crippen molar-refractivity contribution in [2.75, 3.05) is 0 Å². The van der Waals surface area contributed by atoms with Gasteiger partial charge in [-0.25, -0.2) is 0 Å². The second-order valence-electron chi connectivity index (χ2n) is 9.64. The molecular formula is C30H14N6. The molecule has 0 spiro atoms. The van der Waals surface area contributed by atoms with Crippen molar-refractivity contribution >= 4 is 87.0 Å². The molecule has 0 N–H and O–H groups in total. The summed E-state index contributed by atoms with van der Waals surface area (Å²) >= 11 is 0. The van der Waals surface area contributed by atoms with Crippen molar-refractivity contribution in [1.29, 1.82) is 0 Å². The van der Waals surface area contributed by atoms with Crippen LogP contribution >= 0.6 is 0 Å². The number of nitrogens with zero attached hydrogens (tertiary/aromatic N) is 6. The van der Waals surface area contributed by atoms with E-state index in [4.69, 9.17) is 0 Å². The third-order valence-corrected chi connectivity index (χ3v) is 8.10. The van der Waals surface area contributed by atoms with Crippen LogP contribution in [0.5, 0.6) is 0 Å². The van der Waals surface area contributed by atoms with E-state index in [1.54, 1.807) is 0 Å². The van der Waals surface area contributed by atoms with Crippen LogP contribution < -0.4 is 0 Å². The van der Waals surface area contributed by atoms with Crippen molar-refractivity contribution in [3.63, 3.8) is 0 Å². The second kappa shape index (κ2) is 5.58. The molecule has 164 valence electrons. The van der Waals surface area contributed by atoms with Gasteiger partial charge in [-0.1, -0.05) is 0 Å². The Labute approximate surface area is 201 Å². The van der Waals surface area contributed by atoms with Gasteiger partial charge in [0.05, 0.1) is 57.9 Å². The average Bonchev–Trinajstić information content (AvgIpc) is 3.65. The Morgan fingerprint density at radius 3 is 1.25 bits per heavy atom. The normalized spacial score (nSPS) is 13.0. The second-order valence-corrected chi connectivity index (χ2v) is 9.64. The number of hydrogen-bond donors (Lipinski definition) is 0. The van der Waals surface area contributed by atoms with E-state index in [0.29, 0.717) is 0 Å². The predicted molar refractivity (Wildman–Crippen MR) is 144 cm³/mol. The highest BCUT2D eigenvalue weighted by Gasteiger charge is 2.25. The number of hydrogen-bond acceptors (Lipinski definition) is 4. The Kier molecular flexibility index (Phi) is 2.69. The molecule has 0 aliphatic heterocycles. The van der Waals surface area contributed by atoms with Crippen LogP contribution in [0.1, 0.15) is 0 Å². The van der Waals surface area contributed by atoms with E-state index in [9.17, 15) is 0 Å². The van der Waals surface area contributed by atoms with Crippen molar-refractivity contribution in [1.82, 2.24) is 28.7 Å². The van der Waals surface area contributed by atoms with Crippen molar-refractivity contribution in [2.24, 2.45) is 0 Å². The summed E-state index contributed by atoms with van der Waals surface area (Å²) in [7, 11) is 0. The highest BCUT2D eigenvalue weighted by atomic mass is 14.9. The molecular weight excluding hydrogens is 444 g/mol. The zero-order valence-corrected chi connectivity index (χ0v) is 18.8. The molecule has 0 aliphatic carbocycles. The summed E-state index contributed by atoms with van der Waals surface area (Å²) in [4.78, 5) is 17.9. The molecule has 0 unspecified atom stereocenters. The quantitative estimate of drug-likeness (QED) is 0.253. The van der Waals surface area contributed by atoms with Crippen LogP contribution in [0.4, 0.5) is 0 Å². The Morgan fingerprint density at radius 1 is 0.417 bits per heavy atom. The molecule has 0 amide bonds. The first kappa shape index (κ1) is 17.4. The molecule has 0 saturated heterocycles. The van der Waals surface area contributed by atoms with Crippen molar-refractivity contribution in [2.45, 2.75) is 0 Å². The van der Waals surface area contributed by atoms with Crippen LogP contribution in [0.15, 0.2) is 86.0 Å². The smallest absolute Gasteiger partial charge is 0.0725 e. The third kappa shape index (κ3) is 1.70. The molecule has 0 aliphatic rings. The van der Waals surface area contributed by atoms with Gasteiger partial charge < -0.3 is 8.80 Å². The van der Waals surface area contributed by atoms with E-state index in [-0.39, 0.29) is 0 Å². The number of pyridine rings is 4. The molecule has 8 aromatic heterocycles. The predicted octanol–water partition coefficient (Wildman–Crippen LogP) is 6.72.